The van der Waals surface area contributed by atoms with E-state index in [1.54, 1.807) is 31.4 Å². The van der Waals surface area contributed by atoms with E-state index < -0.39 is 18.1 Å². The van der Waals surface area contributed by atoms with Gasteiger partial charge in [0.05, 0.1) is 31.6 Å². The molecule has 3 aromatic rings. The Balaban J connectivity index is 1.56. The van der Waals surface area contributed by atoms with Crippen molar-refractivity contribution in [2.45, 2.75) is 19.1 Å². The second kappa shape index (κ2) is 8.26. The van der Waals surface area contributed by atoms with Gasteiger partial charge >= 0.3 is 0 Å². The lowest BCUT2D eigenvalue weighted by atomic mass is 9.90. The van der Waals surface area contributed by atoms with Gasteiger partial charge < -0.3 is 9.47 Å². The molecule has 2 aliphatic heterocycles. The van der Waals surface area contributed by atoms with Gasteiger partial charge in [-0.15, -0.1) is 0 Å². The fourth-order valence-corrected chi connectivity index (χ4v) is 4.46. The third kappa shape index (κ3) is 3.50. The summed E-state index contributed by atoms with van der Waals surface area (Å²) in [6.07, 6.45) is -0.909. The van der Waals surface area contributed by atoms with Gasteiger partial charge in [-0.3, -0.25) is 14.4 Å². The first kappa shape index (κ1) is 21.0. The first-order chi connectivity index (χ1) is 16.0. The molecule has 0 unspecified atom stereocenters. The van der Waals surface area contributed by atoms with Crippen molar-refractivity contribution in [2.24, 2.45) is 5.92 Å². The second-order valence-corrected chi connectivity index (χ2v) is 8.14. The molecule has 7 heteroatoms. The largest absolute Gasteiger partial charge is 0.497 e. The minimum Gasteiger partial charge on any atom is -0.497 e. The number of nitrogens with zero attached hydrogens (tertiary/aromatic N) is 2. The summed E-state index contributed by atoms with van der Waals surface area (Å²) in [4.78, 5) is 34.4. The monoisotopic (exact) mass is 444 g/mol. The number of aryl methyl sites for hydroxylation is 1. The number of hydrogen-bond donors (Lipinski definition) is 0. The summed E-state index contributed by atoms with van der Waals surface area (Å²) < 4.78 is 10.6. The van der Waals surface area contributed by atoms with Crippen LogP contribution in [-0.4, -0.2) is 32.1 Å². The lowest BCUT2D eigenvalue weighted by Gasteiger charge is -2.29. The number of fused-ring (bicyclic) bond motifs is 1. The van der Waals surface area contributed by atoms with E-state index in [1.165, 1.54) is 4.90 Å². The Labute approximate surface area is 192 Å². The fourth-order valence-electron chi connectivity index (χ4n) is 4.46. The molecule has 5 rings (SSSR count). The number of rotatable bonds is 5. The van der Waals surface area contributed by atoms with Gasteiger partial charge in [-0.2, -0.15) is 0 Å². The van der Waals surface area contributed by atoms with Crippen LogP contribution in [0.15, 0.2) is 72.8 Å². The molecule has 2 saturated heterocycles. The number of hydroxylamine groups is 1. The van der Waals surface area contributed by atoms with Crippen molar-refractivity contribution in [3.63, 3.8) is 0 Å². The van der Waals surface area contributed by atoms with Crippen molar-refractivity contribution < 1.29 is 23.9 Å². The van der Waals surface area contributed by atoms with E-state index in [-0.39, 0.29) is 11.8 Å². The van der Waals surface area contributed by atoms with Gasteiger partial charge in [0.15, 0.2) is 6.10 Å². The van der Waals surface area contributed by atoms with Crippen LogP contribution in [-0.2, 0) is 14.4 Å². The summed E-state index contributed by atoms with van der Waals surface area (Å²) in [6.45, 7) is 1.96. The number of ether oxygens (including phenoxy) is 2. The van der Waals surface area contributed by atoms with Crippen LogP contribution in [0.4, 0.5) is 11.4 Å². The topological polar surface area (TPSA) is 68.3 Å². The molecule has 7 nitrogen and oxygen atoms in total. The average molecular weight is 444 g/mol. The molecular weight excluding hydrogens is 420 g/mol. The highest BCUT2D eigenvalue weighted by Crippen LogP contribution is 2.48. The van der Waals surface area contributed by atoms with Gasteiger partial charge in [-0.25, -0.2) is 9.96 Å². The van der Waals surface area contributed by atoms with Gasteiger partial charge in [0.2, 0.25) is 5.91 Å². The zero-order chi connectivity index (χ0) is 23.1. The van der Waals surface area contributed by atoms with Crippen molar-refractivity contribution in [2.75, 3.05) is 24.2 Å². The highest BCUT2D eigenvalue weighted by atomic mass is 16.7. The predicted octanol–water partition coefficient (Wildman–Crippen LogP) is 4.06. The highest BCUT2D eigenvalue weighted by Gasteiger charge is 2.60. The van der Waals surface area contributed by atoms with Crippen LogP contribution in [0, 0.1) is 12.8 Å². The number of benzene rings is 3. The number of amides is 2. The molecule has 2 aliphatic rings. The molecule has 0 spiro atoms. The molecule has 0 aromatic heterocycles. The normalized spacial score (nSPS) is 22.0. The van der Waals surface area contributed by atoms with E-state index in [0.717, 1.165) is 16.8 Å². The number of carbonyl (C=O) groups excluding carboxylic acids is 2. The predicted molar refractivity (Wildman–Crippen MR) is 123 cm³/mol. The number of anilines is 2. The Kier molecular flexibility index (Phi) is 5.26. The lowest BCUT2D eigenvalue weighted by molar-refractivity contribution is -0.126. The molecule has 2 fully saturated rings. The standard InChI is InChI=1S/C26H24N2O5/c1-16-4-8-18(9-5-16)27-25(29)22-23(17-6-12-20(31-2)13-7-17)28(33-24(22)26(27)30)19-10-14-21(32-3)15-11-19/h4-15,22-24H,1-3H3/t22-,23+,24-/m0/s1. The summed E-state index contributed by atoms with van der Waals surface area (Å²) in [6, 6.07) is 21.7. The van der Waals surface area contributed by atoms with Crippen LogP contribution in [0.1, 0.15) is 17.2 Å². The molecule has 33 heavy (non-hydrogen) atoms. The van der Waals surface area contributed by atoms with Crippen LogP contribution >= 0.6 is 0 Å². The molecule has 3 aromatic carbocycles. The molecule has 2 amide bonds. The smallest absolute Gasteiger partial charge is 0.266 e. The van der Waals surface area contributed by atoms with Crippen molar-refractivity contribution >= 4 is 23.2 Å². The molecular formula is C26H24N2O5. The summed E-state index contributed by atoms with van der Waals surface area (Å²) in [5.74, 6) is 0.0977. The highest BCUT2D eigenvalue weighted by molar-refractivity contribution is 6.23. The number of hydrogen-bond acceptors (Lipinski definition) is 6. The minimum atomic E-state index is -0.909. The van der Waals surface area contributed by atoms with E-state index in [2.05, 4.69) is 0 Å². The Hall–Kier alpha value is -3.84. The van der Waals surface area contributed by atoms with Gasteiger partial charge in [-0.1, -0.05) is 29.8 Å². The Morgan fingerprint density at radius 2 is 1.27 bits per heavy atom. The van der Waals surface area contributed by atoms with Crippen molar-refractivity contribution in [1.82, 2.24) is 0 Å². The number of carbonyl (C=O) groups is 2. The van der Waals surface area contributed by atoms with E-state index in [1.807, 2.05) is 67.6 Å². The van der Waals surface area contributed by atoms with E-state index >= 15 is 0 Å². The van der Waals surface area contributed by atoms with E-state index in [4.69, 9.17) is 14.3 Å². The number of methoxy groups -OCH3 is 2. The minimum absolute atomic E-state index is 0.273. The SMILES string of the molecule is COc1ccc([C@@H]2[C@@H]3C(=O)N(c4ccc(C)cc4)C(=O)[C@H]3ON2c2ccc(OC)cc2)cc1. The maximum absolute atomic E-state index is 13.6. The Morgan fingerprint density at radius 3 is 1.85 bits per heavy atom. The van der Waals surface area contributed by atoms with Gasteiger partial charge in [0.1, 0.15) is 17.4 Å². The summed E-state index contributed by atoms with van der Waals surface area (Å²) in [7, 11) is 3.20. The van der Waals surface area contributed by atoms with Gasteiger partial charge in [0.25, 0.3) is 5.91 Å². The van der Waals surface area contributed by atoms with Crippen molar-refractivity contribution in [1.29, 1.82) is 0 Å². The lowest BCUT2D eigenvalue weighted by Crippen LogP contribution is -2.37. The summed E-state index contributed by atoms with van der Waals surface area (Å²) >= 11 is 0. The molecule has 0 N–H and O–H groups in total. The zero-order valence-electron chi connectivity index (χ0n) is 18.6. The average Bonchev–Trinajstić information content (AvgIpc) is 3.36. The van der Waals surface area contributed by atoms with Gasteiger partial charge in [-0.05, 0) is 61.0 Å². The van der Waals surface area contributed by atoms with E-state index in [0.29, 0.717) is 17.2 Å². The van der Waals surface area contributed by atoms with Gasteiger partial charge in [0, 0.05) is 0 Å². The van der Waals surface area contributed by atoms with Crippen LogP contribution < -0.4 is 19.4 Å². The molecule has 0 aliphatic carbocycles. The third-order valence-corrected chi connectivity index (χ3v) is 6.19. The summed E-state index contributed by atoms with van der Waals surface area (Å²) in [5, 5.41) is 1.67. The van der Waals surface area contributed by atoms with E-state index in [9.17, 15) is 9.59 Å². The van der Waals surface area contributed by atoms with Crippen LogP contribution in [0.25, 0.3) is 0 Å². The molecule has 0 bridgehead atoms. The van der Waals surface area contributed by atoms with Crippen molar-refractivity contribution in [3.05, 3.63) is 83.9 Å². The van der Waals surface area contributed by atoms with Crippen LogP contribution in [0.2, 0.25) is 0 Å². The molecule has 2 heterocycles. The van der Waals surface area contributed by atoms with Crippen LogP contribution in [0.3, 0.4) is 0 Å². The first-order valence-corrected chi connectivity index (χ1v) is 10.7. The first-order valence-electron chi connectivity index (χ1n) is 10.7. The third-order valence-electron chi connectivity index (χ3n) is 6.19. The number of imide groups is 1. The fraction of sp³-hybridized carbons (Fsp3) is 0.231. The summed E-state index contributed by atoms with van der Waals surface area (Å²) in [5.41, 5.74) is 3.19. The second-order valence-electron chi connectivity index (χ2n) is 8.14. The zero-order valence-corrected chi connectivity index (χ0v) is 18.6. The van der Waals surface area contributed by atoms with Crippen molar-refractivity contribution in [3.8, 4) is 11.5 Å². The maximum Gasteiger partial charge on any atom is 0.266 e. The molecule has 0 saturated carbocycles. The maximum atomic E-state index is 13.6. The molecule has 3 atom stereocenters. The Bertz CT molecular complexity index is 1170. The Morgan fingerprint density at radius 1 is 0.727 bits per heavy atom. The molecule has 0 radical (unpaired) electrons. The quantitative estimate of drug-likeness (QED) is 0.553. The van der Waals surface area contributed by atoms with Crippen LogP contribution in [0.5, 0.6) is 11.5 Å². The molecule has 168 valence electrons.